The highest BCUT2D eigenvalue weighted by atomic mass is 32.2. The highest BCUT2D eigenvalue weighted by Crippen LogP contribution is 2.15. The molecule has 1 aliphatic rings. The Labute approximate surface area is 139 Å². The molecule has 0 amide bonds. The molecule has 0 aromatic heterocycles. The first kappa shape index (κ1) is 17.8. The maximum atomic E-state index is 12.1. The van der Waals surface area contributed by atoms with Gasteiger partial charge in [-0.15, -0.1) is 0 Å². The zero-order valence-corrected chi connectivity index (χ0v) is 14.6. The molecule has 2 rings (SSSR count). The van der Waals surface area contributed by atoms with Gasteiger partial charge in [0.15, 0.2) is 15.8 Å². The fourth-order valence-electron chi connectivity index (χ4n) is 2.88. The fraction of sp³-hybridized carbons (Fsp3) is 0.588. The Balaban J connectivity index is 1.76. The number of rotatable bonds is 6. The lowest BCUT2D eigenvalue weighted by Gasteiger charge is -2.31. The predicted molar refractivity (Wildman–Crippen MR) is 95.0 cm³/mol. The first-order valence-electron chi connectivity index (χ1n) is 8.25. The Morgan fingerprint density at radius 3 is 2.78 bits per heavy atom. The molecule has 0 bridgehead atoms. The molecule has 0 radical (unpaired) electrons. The summed E-state index contributed by atoms with van der Waals surface area (Å²) in [5.41, 5.74) is 6.84. The van der Waals surface area contributed by atoms with E-state index in [0.717, 1.165) is 25.1 Å². The van der Waals surface area contributed by atoms with Gasteiger partial charge in [-0.2, -0.15) is 0 Å². The van der Waals surface area contributed by atoms with Crippen molar-refractivity contribution in [2.75, 3.05) is 25.4 Å². The standard InChI is InChI=1S/C17H27N3O2S/c1-15-7-5-11-20(13-15)17(18)19-10-6-12-23(21,22)14-16-8-3-2-4-9-16/h2-4,8-9,15H,5-7,10-14H2,1H3,(H2,18,19). The minimum Gasteiger partial charge on any atom is -0.370 e. The van der Waals surface area contributed by atoms with Crippen molar-refractivity contribution in [2.45, 2.75) is 31.9 Å². The van der Waals surface area contributed by atoms with Gasteiger partial charge < -0.3 is 10.6 Å². The highest BCUT2D eigenvalue weighted by molar-refractivity contribution is 7.90. The molecule has 1 aliphatic heterocycles. The van der Waals surface area contributed by atoms with Crippen LogP contribution in [0.5, 0.6) is 0 Å². The van der Waals surface area contributed by atoms with Gasteiger partial charge in [0.05, 0.1) is 11.5 Å². The van der Waals surface area contributed by atoms with Gasteiger partial charge in [0.1, 0.15) is 0 Å². The van der Waals surface area contributed by atoms with E-state index in [1.807, 2.05) is 30.3 Å². The van der Waals surface area contributed by atoms with Crippen LogP contribution in [0.4, 0.5) is 0 Å². The third-order valence-electron chi connectivity index (χ3n) is 4.10. The van der Waals surface area contributed by atoms with E-state index in [0.29, 0.717) is 24.8 Å². The van der Waals surface area contributed by atoms with Crippen molar-refractivity contribution in [1.82, 2.24) is 4.90 Å². The lowest BCUT2D eigenvalue weighted by Crippen LogP contribution is -2.43. The number of nitrogens with zero attached hydrogens (tertiary/aromatic N) is 2. The summed E-state index contributed by atoms with van der Waals surface area (Å²) in [7, 11) is -3.09. The topological polar surface area (TPSA) is 75.8 Å². The number of nitrogens with two attached hydrogens (primary N) is 1. The molecule has 1 aromatic rings. The minimum absolute atomic E-state index is 0.0939. The lowest BCUT2D eigenvalue weighted by molar-refractivity contribution is 0.270. The number of sulfone groups is 1. The summed E-state index contributed by atoms with van der Waals surface area (Å²) < 4.78 is 24.2. The molecule has 1 atom stereocenters. The van der Waals surface area contributed by atoms with Crippen molar-refractivity contribution in [1.29, 1.82) is 0 Å². The van der Waals surface area contributed by atoms with Gasteiger partial charge in [-0.3, -0.25) is 4.99 Å². The van der Waals surface area contributed by atoms with Crippen LogP contribution in [0.3, 0.4) is 0 Å². The van der Waals surface area contributed by atoms with Gasteiger partial charge >= 0.3 is 0 Å². The number of likely N-dealkylation sites (tertiary alicyclic amines) is 1. The second kappa shape index (κ2) is 8.34. The van der Waals surface area contributed by atoms with E-state index in [-0.39, 0.29) is 11.5 Å². The average molecular weight is 337 g/mol. The maximum absolute atomic E-state index is 12.1. The first-order chi connectivity index (χ1) is 11.0. The molecule has 1 fully saturated rings. The number of aliphatic imine (C=N–C) groups is 1. The summed E-state index contributed by atoms with van der Waals surface area (Å²) >= 11 is 0. The second-order valence-corrected chi connectivity index (χ2v) is 8.55. The van der Waals surface area contributed by atoms with Crippen molar-refractivity contribution in [3.8, 4) is 0 Å². The minimum atomic E-state index is -3.09. The van der Waals surface area contributed by atoms with Crippen LogP contribution >= 0.6 is 0 Å². The van der Waals surface area contributed by atoms with Crippen LogP contribution in [0.1, 0.15) is 31.7 Å². The molecule has 0 saturated carbocycles. The van der Waals surface area contributed by atoms with Crippen LogP contribution in [-0.2, 0) is 15.6 Å². The van der Waals surface area contributed by atoms with Gasteiger partial charge in [0.2, 0.25) is 0 Å². The van der Waals surface area contributed by atoms with Crippen molar-refractivity contribution in [3.05, 3.63) is 35.9 Å². The smallest absolute Gasteiger partial charge is 0.191 e. The number of benzene rings is 1. The highest BCUT2D eigenvalue weighted by Gasteiger charge is 2.17. The summed E-state index contributed by atoms with van der Waals surface area (Å²) in [6, 6.07) is 9.27. The number of hydrogen-bond acceptors (Lipinski definition) is 3. The maximum Gasteiger partial charge on any atom is 0.191 e. The normalized spacial score (nSPS) is 19.8. The third kappa shape index (κ3) is 6.22. The molecule has 6 heteroatoms. The van der Waals surface area contributed by atoms with Crippen LogP contribution in [0.2, 0.25) is 0 Å². The second-order valence-electron chi connectivity index (χ2n) is 6.36. The Bertz CT molecular complexity index is 614. The van der Waals surface area contributed by atoms with Gasteiger partial charge in [-0.05, 0) is 30.7 Å². The van der Waals surface area contributed by atoms with E-state index in [9.17, 15) is 8.42 Å². The van der Waals surface area contributed by atoms with Crippen LogP contribution in [0.25, 0.3) is 0 Å². The molecule has 1 heterocycles. The van der Waals surface area contributed by atoms with Crippen LogP contribution in [0, 0.1) is 5.92 Å². The fourth-order valence-corrected chi connectivity index (χ4v) is 4.29. The molecule has 1 aromatic carbocycles. The van der Waals surface area contributed by atoms with Crippen LogP contribution < -0.4 is 5.73 Å². The summed E-state index contributed by atoms with van der Waals surface area (Å²) in [6.45, 7) is 4.58. The molecular weight excluding hydrogens is 310 g/mol. The molecule has 0 aliphatic carbocycles. The zero-order valence-electron chi connectivity index (χ0n) is 13.8. The van der Waals surface area contributed by atoms with E-state index in [2.05, 4.69) is 16.8 Å². The molecule has 1 unspecified atom stereocenters. The molecule has 1 saturated heterocycles. The van der Waals surface area contributed by atoms with Crippen molar-refractivity contribution in [2.24, 2.45) is 16.6 Å². The molecule has 5 nitrogen and oxygen atoms in total. The Kier molecular flexibility index (Phi) is 6.45. The summed E-state index contributed by atoms with van der Waals surface area (Å²) in [6.07, 6.45) is 2.89. The van der Waals surface area contributed by atoms with Gasteiger partial charge in [-0.25, -0.2) is 8.42 Å². The zero-order chi connectivity index (χ0) is 16.7. The number of hydrogen-bond donors (Lipinski definition) is 1. The van der Waals surface area contributed by atoms with E-state index in [4.69, 9.17) is 5.73 Å². The predicted octanol–water partition coefficient (Wildman–Crippen LogP) is 2.04. The van der Waals surface area contributed by atoms with Crippen LogP contribution in [-0.4, -0.2) is 44.7 Å². The quantitative estimate of drug-likeness (QED) is 0.490. The monoisotopic (exact) mass is 337 g/mol. The van der Waals surface area contributed by atoms with Crippen LogP contribution in [0.15, 0.2) is 35.3 Å². The summed E-state index contributed by atoms with van der Waals surface area (Å²) in [4.78, 5) is 6.45. The Morgan fingerprint density at radius 1 is 1.35 bits per heavy atom. The number of piperidine rings is 1. The number of guanidine groups is 1. The summed E-state index contributed by atoms with van der Waals surface area (Å²) in [5.74, 6) is 1.44. The van der Waals surface area contributed by atoms with E-state index in [1.54, 1.807) is 0 Å². The molecular formula is C17H27N3O2S. The summed E-state index contributed by atoms with van der Waals surface area (Å²) in [5, 5.41) is 0. The van der Waals surface area contributed by atoms with Crippen molar-refractivity contribution in [3.63, 3.8) is 0 Å². The molecule has 128 valence electrons. The average Bonchev–Trinajstić information content (AvgIpc) is 2.52. The molecule has 0 spiro atoms. The van der Waals surface area contributed by atoms with Gasteiger partial charge in [0, 0.05) is 19.6 Å². The molecule has 23 heavy (non-hydrogen) atoms. The van der Waals surface area contributed by atoms with Gasteiger partial charge in [-0.1, -0.05) is 37.3 Å². The van der Waals surface area contributed by atoms with E-state index < -0.39 is 9.84 Å². The van der Waals surface area contributed by atoms with Crippen molar-refractivity contribution >= 4 is 15.8 Å². The molecule has 2 N–H and O–H groups in total. The van der Waals surface area contributed by atoms with Crippen molar-refractivity contribution < 1.29 is 8.42 Å². The Hall–Kier alpha value is -1.56. The van der Waals surface area contributed by atoms with E-state index >= 15 is 0 Å². The largest absolute Gasteiger partial charge is 0.370 e. The lowest BCUT2D eigenvalue weighted by atomic mass is 10.0. The first-order valence-corrected chi connectivity index (χ1v) is 10.1. The van der Waals surface area contributed by atoms with Gasteiger partial charge in [0.25, 0.3) is 0 Å². The Morgan fingerprint density at radius 2 is 2.09 bits per heavy atom. The third-order valence-corrected chi connectivity index (χ3v) is 5.78. The SMILES string of the molecule is CC1CCCN(C(N)=NCCCS(=O)(=O)Cc2ccccc2)C1. The van der Waals surface area contributed by atoms with E-state index in [1.165, 1.54) is 6.42 Å².